The van der Waals surface area contributed by atoms with E-state index < -0.39 is 24.0 Å². The van der Waals surface area contributed by atoms with Crippen molar-refractivity contribution < 1.29 is 23.9 Å². The Morgan fingerprint density at radius 2 is 1.68 bits per heavy atom. The van der Waals surface area contributed by atoms with Crippen LogP contribution in [0.3, 0.4) is 0 Å². The second kappa shape index (κ2) is 18.2. The van der Waals surface area contributed by atoms with Crippen molar-refractivity contribution in [1.82, 2.24) is 5.32 Å². The third kappa shape index (κ3) is 9.92. The zero-order valence-electron chi connectivity index (χ0n) is 29.7. The summed E-state index contributed by atoms with van der Waals surface area (Å²) in [5, 5.41) is 19.7. The van der Waals surface area contributed by atoms with Crippen molar-refractivity contribution in [2.24, 2.45) is 15.3 Å². The molecule has 2 unspecified atom stereocenters. The van der Waals surface area contributed by atoms with Crippen LogP contribution in [0.2, 0.25) is 15.1 Å². The van der Waals surface area contributed by atoms with Gasteiger partial charge >= 0.3 is 0 Å². The number of azo groups is 1. The number of aryl methyl sites for hydroxylation is 2. The highest BCUT2D eigenvalue weighted by atomic mass is 35.5. The summed E-state index contributed by atoms with van der Waals surface area (Å²) in [7, 11) is 1.54. The highest BCUT2D eigenvalue weighted by Gasteiger charge is 2.40. The summed E-state index contributed by atoms with van der Waals surface area (Å²) in [5.41, 5.74) is 3.23. The Hall–Kier alpha value is -4.97. The van der Waals surface area contributed by atoms with Gasteiger partial charge in [-0.1, -0.05) is 85.3 Å². The molecular weight excluding hydrogens is 739 g/mol. The van der Waals surface area contributed by atoms with Crippen LogP contribution in [0.25, 0.3) is 0 Å². The number of ether oxygens (including phenoxy) is 2. The van der Waals surface area contributed by atoms with Crippen LogP contribution in [-0.4, -0.2) is 42.8 Å². The number of benzene rings is 4. The van der Waals surface area contributed by atoms with E-state index in [0.29, 0.717) is 29.3 Å². The molecule has 4 aromatic carbocycles. The number of rotatable bonds is 14. The molecule has 0 fully saturated rings. The second-order valence-electron chi connectivity index (χ2n) is 12.3. The number of nitrogens with one attached hydrogen (secondary N) is 2. The van der Waals surface area contributed by atoms with Crippen LogP contribution in [0.1, 0.15) is 61.0 Å². The Labute approximate surface area is 323 Å². The fourth-order valence-electron chi connectivity index (χ4n) is 5.52. The molecule has 0 saturated carbocycles. The molecule has 5 rings (SSSR count). The molecule has 0 radical (unpaired) electrons. The van der Waals surface area contributed by atoms with Crippen molar-refractivity contribution in [3.63, 3.8) is 0 Å². The normalized spacial score (nSPS) is 14.6. The van der Waals surface area contributed by atoms with Crippen molar-refractivity contribution in [2.45, 2.75) is 65.0 Å². The molecule has 4 aromatic rings. The summed E-state index contributed by atoms with van der Waals surface area (Å²) in [6.07, 6.45) is 3.75. The standard InChI is InChI=1S/C39H39Cl3N6O5/c1-5-7-8-10-24-19-23(3)13-18-33(24)53-32(6-2)38(50)43-28-12-9-11-25(20-28)37(49)44-36-34(46-45-27-14-16-29(52-4)17-15-27)39(51)48(47-36)35-30(41)21-26(40)22-31(35)42/h9,11-22,32,34H,5-8,10H2,1-4H3,(H,43,50)(H,44,47,49). The van der Waals surface area contributed by atoms with E-state index in [2.05, 4.69) is 39.0 Å². The van der Waals surface area contributed by atoms with E-state index in [4.69, 9.17) is 44.3 Å². The van der Waals surface area contributed by atoms with E-state index in [0.717, 1.165) is 41.8 Å². The van der Waals surface area contributed by atoms with Crippen LogP contribution in [0.4, 0.5) is 17.1 Å². The Kier molecular flexibility index (Phi) is 13.5. The maximum Gasteiger partial charge on any atom is 0.282 e. The number of amides is 3. The van der Waals surface area contributed by atoms with Crippen LogP contribution in [0.15, 0.2) is 94.2 Å². The number of anilines is 2. The van der Waals surface area contributed by atoms with Gasteiger partial charge in [-0.3, -0.25) is 14.4 Å². The summed E-state index contributed by atoms with van der Waals surface area (Å²) < 4.78 is 11.4. The van der Waals surface area contributed by atoms with Crippen LogP contribution < -0.4 is 25.1 Å². The molecule has 0 aromatic heterocycles. The van der Waals surface area contributed by atoms with Crippen molar-refractivity contribution in [2.75, 3.05) is 17.4 Å². The first-order valence-electron chi connectivity index (χ1n) is 17.1. The van der Waals surface area contributed by atoms with Gasteiger partial charge in [0, 0.05) is 16.3 Å². The minimum absolute atomic E-state index is 0.0610. The minimum atomic E-state index is -1.36. The van der Waals surface area contributed by atoms with Gasteiger partial charge in [0.15, 0.2) is 11.9 Å². The van der Waals surface area contributed by atoms with Crippen LogP contribution in [-0.2, 0) is 16.0 Å². The van der Waals surface area contributed by atoms with Crippen LogP contribution in [0, 0.1) is 6.92 Å². The molecule has 0 spiro atoms. The molecule has 2 atom stereocenters. The van der Waals surface area contributed by atoms with Gasteiger partial charge in [-0.15, -0.1) is 5.10 Å². The molecule has 0 aliphatic carbocycles. The number of amidine groups is 1. The number of unbranched alkanes of at least 4 members (excludes halogenated alkanes) is 2. The summed E-state index contributed by atoms with van der Waals surface area (Å²) in [6.45, 7) is 6.06. The fraction of sp³-hybridized carbons (Fsp3) is 0.282. The van der Waals surface area contributed by atoms with Gasteiger partial charge < -0.3 is 20.1 Å². The smallest absolute Gasteiger partial charge is 0.282 e. The molecule has 2 N–H and O–H groups in total. The number of hydrogen-bond donors (Lipinski definition) is 2. The largest absolute Gasteiger partial charge is 0.497 e. The topological polar surface area (TPSA) is 134 Å². The first-order chi connectivity index (χ1) is 25.5. The Bertz CT molecular complexity index is 2020. The Morgan fingerprint density at radius 1 is 0.943 bits per heavy atom. The van der Waals surface area contributed by atoms with Crippen molar-refractivity contribution >= 4 is 75.4 Å². The lowest BCUT2D eigenvalue weighted by atomic mass is 10.0. The fourth-order valence-corrected chi connectivity index (χ4v) is 6.50. The molecule has 276 valence electrons. The van der Waals surface area contributed by atoms with Gasteiger partial charge in [-0.25, -0.2) is 0 Å². The highest BCUT2D eigenvalue weighted by molar-refractivity contribution is 6.43. The lowest BCUT2D eigenvalue weighted by molar-refractivity contribution is -0.123. The number of hydrogen-bond acceptors (Lipinski definition) is 8. The van der Waals surface area contributed by atoms with Gasteiger partial charge in [0.1, 0.15) is 17.2 Å². The first kappa shape index (κ1) is 39.2. The molecule has 1 heterocycles. The highest BCUT2D eigenvalue weighted by Crippen LogP contribution is 2.39. The number of methoxy groups -OCH3 is 1. The molecule has 0 saturated heterocycles. The van der Waals surface area contributed by atoms with Crippen LogP contribution >= 0.6 is 34.8 Å². The monoisotopic (exact) mass is 776 g/mol. The van der Waals surface area contributed by atoms with Crippen LogP contribution in [0.5, 0.6) is 11.5 Å². The SMILES string of the molecule is CCCCCc1cc(C)ccc1OC(CC)C(=O)Nc1cccc(C(=O)NC2=NN(c3c(Cl)cc(Cl)cc3Cl)C(=O)C2N=Nc2ccc(OC)cc2)c1. The van der Waals surface area contributed by atoms with E-state index in [1.807, 2.05) is 26.0 Å². The Morgan fingerprint density at radius 3 is 2.36 bits per heavy atom. The van der Waals surface area contributed by atoms with Crippen molar-refractivity contribution in [3.05, 3.63) is 111 Å². The predicted octanol–water partition coefficient (Wildman–Crippen LogP) is 9.74. The maximum absolute atomic E-state index is 13.7. The van der Waals surface area contributed by atoms with Gasteiger partial charge in [0.05, 0.1) is 22.8 Å². The van der Waals surface area contributed by atoms with E-state index in [1.165, 1.54) is 25.3 Å². The predicted molar refractivity (Wildman–Crippen MR) is 209 cm³/mol. The third-order valence-electron chi connectivity index (χ3n) is 8.30. The molecule has 11 nitrogen and oxygen atoms in total. The summed E-state index contributed by atoms with van der Waals surface area (Å²) in [4.78, 5) is 40.8. The molecule has 53 heavy (non-hydrogen) atoms. The average Bonchev–Trinajstić information content (AvgIpc) is 3.43. The molecular formula is C39H39Cl3N6O5. The van der Waals surface area contributed by atoms with E-state index in [-0.39, 0.29) is 38.1 Å². The number of hydrazone groups is 1. The van der Waals surface area contributed by atoms with Crippen molar-refractivity contribution in [3.8, 4) is 11.5 Å². The van der Waals surface area contributed by atoms with Gasteiger partial charge in [0.2, 0.25) is 6.04 Å². The minimum Gasteiger partial charge on any atom is -0.497 e. The van der Waals surface area contributed by atoms with E-state index in [1.54, 1.807) is 42.5 Å². The van der Waals surface area contributed by atoms with Crippen molar-refractivity contribution in [1.29, 1.82) is 0 Å². The van der Waals surface area contributed by atoms with Gasteiger partial charge in [0.25, 0.3) is 17.7 Å². The summed E-state index contributed by atoms with van der Waals surface area (Å²) in [6, 6.07) is 20.5. The zero-order valence-corrected chi connectivity index (χ0v) is 31.9. The maximum atomic E-state index is 13.7. The lowest BCUT2D eigenvalue weighted by Gasteiger charge is -2.20. The molecule has 1 aliphatic rings. The van der Waals surface area contributed by atoms with Gasteiger partial charge in [-0.05, 0) is 92.4 Å². The van der Waals surface area contributed by atoms with E-state index in [9.17, 15) is 14.4 Å². The number of halogens is 3. The molecule has 1 aliphatic heterocycles. The first-order valence-corrected chi connectivity index (χ1v) is 18.2. The quantitative estimate of drug-likeness (QED) is 0.0972. The number of nitrogens with zero attached hydrogens (tertiary/aromatic N) is 4. The van der Waals surface area contributed by atoms with Gasteiger partial charge in [-0.2, -0.15) is 15.2 Å². The number of carbonyl (C=O) groups excluding carboxylic acids is 3. The molecule has 14 heteroatoms. The molecule has 3 amide bonds. The zero-order chi connectivity index (χ0) is 38.1. The van der Waals surface area contributed by atoms with E-state index >= 15 is 0 Å². The molecule has 0 bridgehead atoms. The lowest BCUT2D eigenvalue weighted by Crippen LogP contribution is -2.39. The summed E-state index contributed by atoms with van der Waals surface area (Å²) in [5.74, 6) is -0.474. The second-order valence-corrected chi connectivity index (χ2v) is 13.5. The number of carbonyl (C=O) groups is 3. The third-order valence-corrected chi connectivity index (χ3v) is 9.09. The Balaban J connectivity index is 1.35. The summed E-state index contributed by atoms with van der Waals surface area (Å²) >= 11 is 18.9. The average molecular weight is 778 g/mol.